The largest absolute Gasteiger partial charge is 0.418 e. The molecule has 2 aromatic carbocycles. The Morgan fingerprint density at radius 2 is 1.91 bits per heavy atom. The highest BCUT2D eigenvalue weighted by molar-refractivity contribution is 5.94. The number of hydrogen-bond donors (Lipinski definition) is 4. The third-order valence-electron chi connectivity index (χ3n) is 5.42. The molecule has 6 nitrogen and oxygen atoms in total. The molecular weight excluding hydrogens is 430 g/mol. The maximum absolute atomic E-state index is 14.1. The van der Waals surface area contributed by atoms with E-state index in [9.17, 15) is 32.3 Å². The molecule has 168 valence electrons. The van der Waals surface area contributed by atoms with Crippen molar-refractivity contribution < 1.29 is 32.3 Å². The number of β-amino-alcohol motifs (C(OH)–C–C–N with tert-alkyl or cyclic N) is 1. The number of rotatable bonds is 5. The molecular formula is C22H19F4N3O3. The van der Waals surface area contributed by atoms with Gasteiger partial charge in [0, 0.05) is 24.0 Å². The van der Waals surface area contributed by atoms with E-state index in [1.54, 1.807) is 30.3 Å². The molecule has 2 heterocycles. The number of nitrogens with one attached hydrogen (secondary N) is 3. The summed E-state index contributed by atoms with van der Waals surface area (Å²) in [7, 11) is 0. The Morgan fingerprint density at radius 1 is 1.19 bits per heavy atom. The average Bonchev–Trinajstić information content (AvgIpc) is 3.26. The SMILES string of the molecule is O=C(CCc1c(-c2ccccc2)[nH]c2c(C(F)(F)F)cc(F)cc12)N[C@@H]1C(=O)NC[C@H]1O. The molecule has 1 aliphatic rings. The van der Waals surface area contributed by atoms with Crippen LogP contribution in [0.3, 0.4) is 0 Å². The normalized spacial score (nSPS) is 18.7. The maximum Gasteiger partial charge on any atom is 0.418 e. The second-order valence-electron chi connectivity index (χ2n) is 7.58. The number of halogens is 4. The quantitative estimate of drug-likeness (QED) is 0.452. The molecule has 0 aliphatic carbocycles. The lowest BCUT2D eigenvalue weighted by Crippen LogP contribution is -2.45. The Labute approximate surface area is 179 Å². The minimum atomic E-state index is -4.78. The standard InChI is InChI=1S/C22H19F4N3O3/c23-12-8-14-13(6-7-17(31)28-20-16(30)10-27-21(20)32)18(11-4-2-1-3-5-11)29-19(14)15(9-12)22(24,25)26/h1-5,8-9,16,20,29-30H,6-7,10H2,(H,27,32)(H,28,31)/t16-,20+/m1/s1. The first-order valence-corrected chi connectivity index (χ1v) is 9.87. The van der Waals surface area contributed by atoms with E-state index in [1.807, 2.05) is 0 Å². The summed E-state index contributed by atoms with van der Waals surface area (Å²) in [5.74, 6) is -2.12. The van der Waals surface area contributed by atoms with E-state index in [0.29, 0.717) is 22.9 Å². The fourth-order valence-corrected chi connectivity index (χ4v) is 3.90. The summed E-state index contributed by atoms with van der Waals surface area (Å²) in [5, 5.41) is 14.7. The van der Waals surface area contributed by atoms with Gasteiger partial charge in [-0.25, -0.2) is 4.39 Å². The number of carbonyl (C=O) groups is 2. The van der Waals surface area contributed by atoms with Crippen molar-refractivity contribution in [3.8, 4) is 11.3 Å². The lowest BCUT2D eigenvalue weighted by Gasteiger charge is -2.14. The van der Waals surface area contributed by atoms with Crippen molar-refractivity contribution >= 4 is 22.7 Å². The van der Waals surface area contributed by atoms with E-state index < -0.39 is 41.5 Å². The van der Waals surface area contributed by atoms with Crippen LogP contribution in [-0.4, -0.2) is 40.6 Å². The molecule has 10 heteroatoms. The molecule has 4 N–H and O–H groups in total. The molecule has 32 heavy (non-hydrogen) atoms. The summed E-state index contributed by atoms with van der Waals surface area (Å²) in [6.45, 7) is 0.0177. The number of aliphatic hydroxyl groups excluding tert-OH is 1. The molecule has 1 aromatic heterocycles. The predicted octanol–water partition coefficient (Wildman–Crippen LogP) is 2.90. The molecule has 0 radical (unpaired) electrons. The van der Waals surface area contributed by atoms with Crippen molar-refractivity contribution in [1.29, 1.82) is 0 Å². The van der Waals surface area contributed by atoms with Gasteiger partial charge in [-0.1, -0.05) is 30.3 Å². The molecule has 1 aliphatic heterocycles. The summed E-state index contributed by atoms with van der Waals surface area (Å²) >= 11 is 0. The summed E-state index contributed by atoms with van der Waals surface area (Å²) in [6, 6.07) is 8.91. The van der Waals surface area contributed by atoms with Gasteiger partial charge in [0.15, 0.2) is 0 Å². The first kappa shape index (κ1) is 21.8. The van der Waals surface area contributed by atoms with Crippen molar-refractivity contribution in [3.05, 3.63) is 59.4 Å². The zero-order valence-corrected chi connectivity index (χ0v) is 16.6. The molecule has 2 amide bonds. The maximum atomic E-state index is 14.1. The van der Waals surface area contributed by atoms with Crippen LogP contribution in [0.2, 0.25) is 0 Å². The summed E-state index contributed by atoms with van der Waals surface area (Å²) in [6.07, 6.45) is -6.04. The molecule has 1 saturated heterocycles. The second-order valence-corrected chi connectivity index (χ2v) is 7.58. The molecule has 2 atom stereocenters. The Hall–Kier alpha value is -3.40. The Balaban J connectivity index is 1.71. The summed E-state index contributed by atoms with van der Waals surface area (Å²) in [5.41, 5.74) is -0.117. The van der Waals surface area contributed by atoms with Gasteiger partial charge in [0.25, 0.3) is 0 Å². The van der Waals surface area contributed by atoms with Crippen LogP contribution in [0.5, 0.6) is 0 Å². The first-order valence-electron chi connectivity index (χ1n) is 9.87. The van der Waals surface area contributed by atoms with Gasteiger partial charge in [0.05, 0.1) is 11.1 Å². The minimum absolute atomic E-state index is 0.0127. The van der Waals surface area contributed by atoms with Gasteiger partial charge in [-0.05, 0) is 29.7 Å². The number of fused-ring (bicyclic) bond motifs is 1. The van der Waals surface area contributed by atoms with Crippen LogP contribution in [0.4, 0.5) is 17.6 Å². The summed E-state index contributed by atoms with van der Waals surface area (Å²) in [4.78, 5) is 26.9. The third kappa shape index (κ3) is 4.18. The number of aryl methyl sites for hydroxylation is 1. The van der Waals surface area contributed by atoms with Gasteiger partial charge < -0.3 is 20.7 Å². The molecule has 0 spiro atoms. The van der Waals surface area contributed by atoms with E-state index in [4.69, 9.17) is 0 Å². The fourth-order valence-electron chi connectivity index (χ4n) is 3.90. The monoisotopic (exact) mass is 449 g/mol. The third-order valence-corrected chi connectivity index (χ3v) is 5.42. The predicted molar refractivity (Wildman–Crippen MR) is 108 cm³/mol. The number of benzene rings is 2. The van der Waals surface area contributed by atoms with Gasteiger partial charge in [-0.3, -0.25) is 9.59 Å². The molecule has 4 rings (SSSR count). The number of hydrogen-bond acceptors (Lipinski definition) is 3. The van der Waals surface area contributed by atoms with Crippen LogP contribution < -0.4 is 10.6 Å². The Morgan fingerprint density at radius 3 is 2.53 bits per heavy atom. The second kappa shape index (κ2) is 8.27. The van der Waals surface area contributed by atoms with Crippen LogP contribution in [0.25, 0.3) is 22.2 Å². The Bertz CT molecular complexity index is 1170. The van der Waals surface area contributed by atoms with Crippen molar-refractivity contribution in [2.45, 2.75) is 31.2 Å². The van der Waals surface area contributed by atoms with Crippen molar-refractivity contribution in [2.24, 2.45) is 0 Å². The van der Waals surface area contributed by atoms with Gasteiger partial charge >= 0.3 is 6.18 Å². The minimum Gasteiger partial charge on any atom is -0.389 e. The van der Waals surface area contributed by atoms with E-state index in [-0.39, 0.29) is 30.3 Å². The van der Waals surface area contributed by atoms with Crippen molar-refractivity contribution in [1.82, 2.24) is 15.6 Å². The molecule has 0 bridgehead atoms. The van der Waals surface area contributed by atoms with Gasteiger partial charge in [0.1, 0.15) is 18.0 Å². The van der Waals surface area contributed by atoms with Crippen LogP contribution in [0.15, 0.2) is 42.5 Å². The van der Waals surface area contributed by atoms with Crippen LogP contribution in [0, 0.1) is 5.82 Å². The van der Waals surface area contributed by atoms with Crippen LogP contribution in [-0.2, 0) is 22.2 Å². The number of carbonyl (C=O) groups excluding carboxylic acids is 2. The van der Waals surface area contributed by atoms with Gasteiger partial charge in [-0.15, -0.1) is 0 Å². The van der Waals surface area contributed by atoms with Crippen molar-refractivity contribution in [3.63, 3.8) is 0 Å². The van der Waals surface area contributed by atoms with Crippen LogP contribution in [0.1, 0.15) is 17.5 Å². The molecule has 1 fully saturated rings. The molecule has 0 unspecified atom stereocenters. The van der Waals surface area contributed by atoms with E-state index in [0.717, 1.165) is 6.07 Å². The lowest BCUT2D eigenvalue weighted by atomic mass is 9.99. The number of H-pyrrole nitrogens is 1. The zero-order chi connectivity index (χ0) is 23.0. The zero-order valence-electron chi connectivity index (χ0n) is 16.6. The first-order chi connectivity index (χ1) is 15.1. The topological polar surface area (TPSA) is 94.2 Å². The molecule has 3 aromatic rings. The lowest BCUT2D eigenvalue weighted by molar-refractivity contribution is -0.136. The van der Waals surface area contributed by atoms with Crippen molar-refractivity contribution in [2.75, 3.05) is 6.54 Å². The average molecular weight is 449 g/mol. The highest BCUT2D eigenvalue weighted by atomic mass is 19.4. The number of amides is 2. The van der Waals surface area contributed by atoms with Gasteiger partial charge in [-0.2, -0.15) is 13.2 Å². The van der Waals surface area contributed by atoms with E-state index in [2.05, 4.69) is 15.6 Å². The fraction of sp³-hybridized carbons (Fsp3) is 0.273. The van der Waals surface area contributed by atoms with Crippen LogP contribution >= 0.6 is 0 Å². The van der Waals surface area contributed by atoms with E-state index >= 15 is 0 Å². The number of alkyl halides is 3. The smallest absolute Gasteiger partial charge is 0.389 e. The number of aliphatic hydroxyl groups is 1. The molecule has 0 saturated carbocycles. The van der Waals surface area contributed by atoms with E-state index in [1.165, 1.54) is 0 Å². The number of aromatic amines is 1. The highest BCUT2D eigenvalue weighted by Crippen LogP contribution is 2.39. The number of aromatic nitrogens is 1. The highest BCUT2D eigenvalue weighted by Gasteiger charge is 2.36. The Kier molecular flexibility index (Phi) is 5.64. The van der Waals surface area contributed by atoms with Gasteiger partial charge in [0.2, 0.25) is 11.8 Å². The summed E-state index contributed by atoms with van der Waals surface area (Å²) < 4.78 is 54.7.